The van der Waals surface area contributed by atoms with Gasteiger partial charge in [0.2, 0.25) is 11.8 Å². The van der Waals surface area contributed by atoms with E-state index in [1.807, 2.05) is 0 Å². The Balaban J connectivity index is 1.53. The molecule has 1 atom stereocenters. The Kier molecular flexibility index (Phi) is 4.22. The third kappa shape index (κ3) is 2.90. The van der Waals surface area contributed by atoms with Gasteiger partial charge in [-0.3, -0.25) is 29.4 Å². The zero-order chi connectivity index (χ0) is 19.2. The molecule has 1 aromatic carbocycles. The van der Waals surface area contributed by atoms with Crippen molar-refractivity contribution < 1.29 is 19.2 Å². The lowest BCUT2D eigenvalue weighted by Gasteiger charge is -2.41. The third-order valence-corrected chi connectivity index (χ3v) is 5.95. The van der Waals surface area contributed by atoms with Gasteiger partial charge in [0, 0.05) is 18.7 Å². The maximum atomic E-state index is 12.8. The van der Waals surface area contributed by atoms with Crippen LogP contribution < -0.4 is 16.4 Å². The first-order valence-electron chi connectivity index (χ1n) is 9.24. The number of imide groups is 2. The van der Waals surface area contributed by atoms with Crippen molar-refractivity contribution in [1.29, 1.82) is 0 Å². The number of nitrogens with one attached hydrogen (secondary N) is 2. The topological polar surface area (TPSA) is 122 Å². The van der Waals surface area contributed by atoms with Gasteiger partial charge in [-0.05, 0) is 49.4 Å². The van der Waals surface area contributed by atoms with Crippen molar-refractivity contribution in [3.05, 3.63) is 29.3 Å². The van der Waals surface area contributed by atoms with Crippen LogP contribution in [0.25, 0.3) is 0 Å². The molecular formula is C19H22N4O4. The van der Waals surface area contributed by atoms with Crippen molar-refractivity contribution in [2.24, 2.45) is 11.1 Å². The molecule has 4 N–H and O–H groups in total. The fraction of sp³-hybridized carbons (Fsp3) is 0.474. The van der Waals surface area contributed by atoms with Gasteiger partial charge in [0.15, 0.2) is 0 Å². The number of carbonyl (C=O) groups excluding carboxylic acids is 4. The van der Waals surface area contributed by atoms with E-state index in [1.165, 1.54) is 6.42 Å². The Morgan fingerprint density at radius 1 is 1.15 bits per heavy atom. The van der Waals surface area contributed by atoms with E-state index >= 15 is 0 Å². The first-order valence-corrected chi connectivity index (χ1v) is 9.24. The summed E-state index contributed by atoms with van der Waals surface area (Å²) in [5.41, 5.74) is 7.31. The van der Waals surface area contributed by atoms with E-state index in [2.05, 4.69) is 10.6 Å². The Hall–Kier alpha value is -2.74. The predicted molar refractivity (Wildman–Crippen MR) is 96.9 cm³/mol. The highest BCUT2D eigenvalue weighted by Crippen LogP contribution is 2.40. The largest absolute Gasteiger partial charge is 0.384 e. The van der Waals surface area contributed by atoms with Crippen molar-refractivity contribution in [3.8, 4) is 0 Å². The van der Waals surface area contributed by atoms with Crippen LogP contribution in [0.5, 0.6) is 0 Å². The number of hydrogen-bond acceptors (Lipinski definition) is 6. The molecule has 0 spiro atoms. The zero-order valence-corrected chi connectivity index (χ0v) is 14.9. The van der Waals surface area contributed by atoms with Crippen LogP contribution in [0, 0.1) is 5.41 Å². The molecule has 1 aromatic rings. The fourth-order valence-corrected chi connectivity index (χ4v) is 4.00. The van der Waals surface area contributed by atoms with Crippen LogP contribution in [0.4, 0.5) is 5.69 Å². The van der Waals surface area contributed by atoms with Gasteiger partial charge in [-0.25, -0.2) is 0 Å². The fourth-order valence-electron chi connectivity index (χ4n) is 4.00. The summed E-state index contributed by atoms with van der Waals surface area (Å²) in [5, 5.41) is 5.52. The van der Waals surface area contributed by atoms with Crippen LogP contribution in [0.15, 0.2) is 18.2 Å². The number of nitrogens with two attached hydrogens (primary N) is 1. The number of hydrogen-bond donors (Lipinski definition) is 3. The molecule has 4 amide bonds. The number of anilines is 1. The lowest BCUT2D eigenvalue weighted by Crippen LogP contribution is -2.54. The monoisotopic (exact) mass is 370 g/mol. The highest BCUT2D eigenvalue weighted by Gasteiger charge is 2.44. The predicted octanol–water partition coefficient (Wildman–Crippen LogP) is 0.629. The van der Waals surface area contributed by atoms with E-state index in [0.29, 0.717) is 6.54 Å². The van der Waals surface area contributed by atoms with Gasteiger partial charge in [-0.2, -0.15) is 0 Å². The Bertz CT molecular complexity index is 841. The molecule has 0 aromatic heterocycles. The minimum absolute atomic E-state index is 0.109. The van der Waals surface area contributed by atoms with E-state index in [1.54, 1.807) is 18.2 Å². The average Bonchev–Trinajstić information content (AvgIpc) is 2.86. The molecule has 142 valence electrons. The van der Waals surface area contributed by atoms with Gasteiger partial charge in [0.1, 0.15) is 6.04 Å². The smallest absolute Gasteiger partial charge is 0.262 e. The van der Waals surface area contributed by atoms with Gasteiger partial charge >= 0.3 is 0 Å². The SMILES string of the molecule is NCC1(CNc2ccc3c(c2)C(=O)N(C2CCC(=O)NC2=O)C3=O)CCC1. The summed E-state index contributed by atoms with van der Waals surface area (Å²) in [6, 6.07) is 4.09. The van der Waals surface area contributed by atoms with E-state index in [9.17, 15) is 19.2 Å². The van der Waals surface area contributed by atoms with E-state index in [-0.39, 0.29) is 35.3 Å². The lowest BCUT2D eigenvalue weighted by molar-refractivity contribution is -0.136. The summed E-state index contributed by atoms with van der Waals surface area (Å²) < 4.78 is 0. The minimum Gasteiger partial charge on any atom is -0.384 e. The first-order chi connectivity index (χ1) is 12.9. The molecule has 4 rings (SSSR count). The quantitative estimate of drug-likeness (QED) is 0.654. The normalized spacial score (nSPS) is 23.7. The standard InChI is InChI=1S/C19H22N4O4/c20-9-19(6-1-7-19)10-21-11-2-3-12-13(8-11)18(27)23(17(12)26)14-4-5-15(24)22-16(14)25/h2-3,8,14,21H,1,4-7,9-10,20H2,(H,22,24,25). The molecule has 1 aliphatic carbocycles. The molecule has 2 aliphatic heterocycles. The van der Waals surface area contributed by atoms with Crippen molar-refractivity contribution in [1.82, 2.24) is 10.2 Å². The molecule has 0 bridgehead atoms. The van der Waals surface area contributed by atoms with Crippen LogP contribution >= 0.6 is 0 Å². The summed E-state index contributed by atoms with van der Waals surface area (Å²) in [5.74, 6) is -1.98. The van der Waals surface area contributed by atoms with Crippen LogP contribution in [0.3, 0.4) is 0 Å². The summed E-state index contributed by atoms with van der Waals surface area (Å²) in [6.07, 6.45) is 3.61. The highest BCUT2D eigenvalue weighted by atomic mass is 16.2. The number of amides is 4. The molecule has 2 heterocycles. The van der Waals surface area contributed by atoms with Crippen molar-refractivity contribution >= 4 is 29.3 Å². The number of nitrogens with zero attached hydrogens (tertiary/aromatic N) is 1. The van der Waals surface area contributed by atoms with Crippen LogP contribution in [-0.2, 0) is 9.59 Å². The molecule has 1 saturated carbocycles. The Labute approximate surface area is 156 Å². The van der Waals surface area contributed by atoms with Crippen LogP contribution in [-0.4, -0.2) is 47.7 Å². The summed E-state index contributed by atoms with van der Waals surface area (Å²) in [4.78, 5) is 49.9. The van der Waals surface area contributed by atoms with Gasteiger partial charge < -0.3 is 11.1 Å². The van der Waals surface area contributed by atoms with E-state index in [0.717, 1.165) is 30.0 Å². The molecule has 0 radical (unpaired) electrons. The first kappa shape index (κ1) is 17.7. The average molecular weight is 370 g/mol. The number of carbonyl (C=O) groups is 4. The molecule has 27 heavy (non-hydrogen) atoms. The molecular weight excluding hydrogens is 348 g/mol. The Morgan fingerprint density at radius 3 is 2.52 bits per heavy atom. The van der Waals surface area contributed by atoms with Crippen molar-refractivity contribution in [2.45, 2.75) is 38.1 Å². The molecule has 8 heteroatoms. The Morgan fingerprint density at radius 2 is 1.89 bits per heavy atom. The van der Waals surface area contributed by atoms with E-state index in [4.69, 9.17) is 5.73 Å². The highest BCUT2D eigenvalue weighted by molar-refractivity contribution is 6.23. The van der Waals surface area contributed by atoms with Crippen molar-refractivity contribution in [3.63, 3.8) is 0 Å². The van der Waals surface area contributed by atoms with Crippen molar-refractivity contribution in [2.75, 3.05) is 18.4 Å². The van der Waals surface area contributed by atoms with Crippen LogP contribution in [0.2, 0.25) is 0 Å². The zero-order valence-electron chi connectivity index (χ0n) is 14.9. The second-order valence-corrected chi connectivity index (χ2v) is 7.62. The third-order valence-electron chi connectivity index (χ3n) is 5.95. The van der Waals surface area contributed by atoms with Gasteiger partial charge in [0.05, 0.1) is 11.1 Å². The second kappa shape index (κ2) is 6.45. The number of rotatable bonds is 5. The van der Waals surface area contributed by atoms with Gasteiger partial charge in [-0.15, -0.1) is 0 Å². The van der Waals surface area contributed by atoms with Crippen LogP contribution in [0.1, 0.15) is 52.8 Å². The minimum atomic E-state index is -0.943. The molecule has 3 aliphatic rings. The maximum absolute atomic E-state index is 12.8. The summed E-state index contributed by atoms with van der Waals surface area (Å²) in [6.45, 7) is 1.34. The molecule has 8 nitrogen and oxygen atoms in total. The number of piperidine rings is 1. The van der Waals surface area contributed by atoms with Gasteiger partial charge in [-0.1, -0.05) is 6.42 Å². The number of fused-ring (bicyclic) bond motifs is 1. The van der Waals surface area contributed by atoms with E-state index < -0.39 is 23.8 Å². The summed E-state index contributed by atoms with van der Waals surface area (Å²) >= 11 is 0. The maximum Gasteiger partial charge on any atom is 0.262 e. The lowest BCUT2D eigenvalue weighted by atomic mass is 9.69. The van der Waals surface area contributed by atoms with Gasteiger partial charge in [0.25, 0.3) is 11.8 Å². The molecule has 1 saturated heterocycles. The molecule has 2 fully saturated rings. The number of benzene rings is 1. The second-order valence-electron chi connectivity index (χ2n) is 7.62. The molecule has 1 unspecified atom stereocenters. The summed E-state index contributed by atoms with van der Waals surface area (Å²) in [7, 11) is 0.